The van der Waals surface area contributed by atoms with Crippen LogP contribution in [0.2, 0.25) is 0 Å². The van der Waals surface area contributed by atoms with Crippen LogP contribution >= 0.6 is 0 Å². The minimum absolute atomic E-state index is 0.0584. The number of benzene rings is 3. The van der Waals surface area contributed by atoms with Crippen molar-refractivity contribution in [3.63, 3.8) is 0 Å². The molecule has 0 aromatic heterocycles. The lowest BCUT2D eigenvalue weighted by Gasteiger charge is -2.29. The van der Waals surface area contributed by atoms with E-state index in [2.05, 4.69) is 46.0 Å². The highest BCUT2D eigenvalue weighted by Crippen LogP contribution is 2.27. The molecule has 166 valence electrons. The minimum atomic E-state index is -0.127. The lowest BCUT2D eigenvalue weighted by Crippen LogP contribution is -2.51. The molecule has 0 saturated carbocycles. The van der Waals surface area contributed by atoms with Gasteiger partial charge in [-0.1, -0.05) is 56.2 Å². The van der Waals surface area contributed by atoms with E-state index in [1.165, 1.54) is 0 Å². The molecule has 32 heavy (non-hydrogen) atoms. The summed E-state index contributed by atoms with van der Waals surface area (Å²) in [5.41, 5.74) is 4.76. The van der Waals surface area contributed by atoms with Gasteiger partial charge >= 0.3 is 0 Å². The Bertz CT molecular complexity index is 1150. The summed E-state index contributed by atoms with van der Waals surface area (Å²) in [6, 6.07) is 18.6. The fourth-order valence-corrected chi connectivity index (χ4v) is 3.88. The maximum Gasteiger partial charge on any atom is 0.252 e. The molecule has 1 aliphatic rings. The van der Waals surface area contributed by atoms with E-state index in [9.17, 15) is 4.79 Å². The number of hydrogen-bond donors (Lipinski definition) is 3. The molecule has 1 atom stereocenters. The SMILES string of the molecule is CC.CC#Cc1ccc(C(C)NC(=O)c2cc(NC3CNC3)ccc2C)c2ccccc12. The number of amides is 1. The van der Waals surface area contributed by atoms with Gasteiger partial charge in [-0.2, -0.15) is 0 Å². The molecule has 1 saturated heterocycles. The summed E-state index contributed by atoms with van der Waals surface area (Å²) in [5, 5.41) is 12.1. The molecule has 1 fully saturated rings. The summed E-state index contributed by atoms with van der Waals surface area (Å²) < 4.78 is 0. The zero-order valence-electron chi connectivity index (χ0n) is 19.7. The normalized spacial score (nSPS) is 13.7. The van der Waals surface area contributed by atoms with Gasteiger partial charge in [0.25, 0.3) is 5.91 Å². The molecular weight excluding hydrogens is 394 g/mol. The molecule has 3 aromatic carbocycles. The van der Waals surface area contributed by atoms with Gasteiger partial charge in [-0.15, -0.1) is 5.92 Å². The molecule has 1 aliphatic heterocycles. The van der Waals surface area contributed by atoms with Crippen molar-refractivity contribution >= 4 is 22.4 Å². The number of nitrogens with one attached hydrogen (secondary N) is 3. The summed E-state index contributed by atoms with van der Waals surface area (Å²) in [6.45, 7) is 11.8. The maximum atomic E-state index is 13.1. The Labute approximate surface area is 191 Å². The van der Waals surface area contributed by atoms with Gasteiger partial charge in [-0.3, -0.25) is 4.79 Å². The quantitative estimate of drug-likeness (QED) is 0.477. The molecule has 3 aromatic rings. The van der Waals surface area contributed by atoms with Crippen LogP contribution in [0.15, 0.2) is 54.6 Å². The van der Waals surface area contributed by atoms with Crippen molar-refractivity contribution in [3.8, 4) is 11.8 Å². The molecular formula is C28H33N3O. The average molecular weight is 428 g/mol. The fourth-order valence-electron chi connectivity index (χ4n) is 3.88. The zero-order chi connectivity index (χ0) is 23.1. The van der Waals surface area contributed by atoms with Crippen molar-refractivity contribution in [1.29, 1.82) is 0 Å². The summed E-state index contributed by atoms with van der Waals surface area (Å²) in [5.74, 6) is 6.10. The third-order valence-corrected chi connectivity index (χ3v) is 5.67. The van der Waals surface area contributed by atoms with Gasteiger partial charge in [0.05, 0.1) is 12.1 Å². The van der Waals surface area contributed by atoms with Gasteiger partial charge in [0, 0.05) is 29.9 Å². The van der Waals surface area contributed by atoms with E-state index in [-0.39, 0.29) is 11.9 Å². The van der Waals surface area contributed by atoms with Gasteiger partial charge in [-0.05, 0) is 60.9 Å². The van der Waals surface area contributed by atoms with E-state index in [0.29, 0.717) is 11.6 Å². The van der Waals surface area contributed by atoms with E-state index in [0.717, 1.165) is 46.2 Å². The van der Waals surface area contributed by atoms with Crippen molar-refractivity contribution in [1.82, 2.24) is 10.6 Å². The first-order valence-corrected chi connectivity index (χ1v) is 11.4. The molecule has 4 nitrogen and oxygen atoms in total. The summed E-state index contributed by atoms with van der Waals surface area (Å²) >= 11 is 0. The van der Waals surface area contributed by atoms with Crippen LogP contribution < -0.4 is 16.0 Å². The second-order valence-electron chi connectivity index (χ2n) is 7.85. The topological polar surface area (TPSA) is 53.2 Å². The fraction of sp³-hybridized carbons (Fsp3) is 0.321. The van der Waals surface area contributed by atoms with E-state index < -0.39 is 0 Å². The second kappa shape index (κ2) is 10.8. The predicted octanol–water partition coefficient (Wildman–Crippen LogP) is 5.42. The number of anilines is 1. The predicted molar refractivity (Wildman–Crippen MR) is 135 cm³/mol. The first-order valence-electron chi connectivity index (χ1n) is 11.4. The molecule has 3 N–H and O–H groups in total. The van der Waals surface area contributed by atoms with Crippen LogP contribution in [0.25, 0.3) is 10.8 Å². The smallest absolute Gasteiger partial charge is 0.252 e. The highest BCUT2D eigenvalue weighted by atomic mass is 16.1. The molecule has 4 rings (SSSR count). The van der Waals surface area contributed by atoms with Crippen LogP contribution in [0.3, 0.4) is 0 Å². The van der Waals surface area contributed by atoms with E-state index in [1.807, 2.05) is 71.0 Å². The molecule has 1 amide bonds. The molecule has 0 bridgehead atoms. The Morgan fingerprint density at radius 2 is 1.78 bits per heavy atom. The second-order valence-corrected chi connectivity index (χ2v) is 7.85. The van der Waals surface area contributed by atoms with Crippen LogP contribution in [0.5, 0.6) is 0 Å². The minimum Gasteiger partial charge on any atom is -0.380 e. The van der Waals surface area contributed by atoms with Crippen LogP contribution in [0.4, 0.5) is 5.69 Å². The molecule has 0 radical (unpaired) electrons. The largest absolute Gasteiger partial charge is 0.380 e. The highest BCUT2D eigenvalue weighted by molar-refractivity contribution is 5.97. The highest BCUT2D eigenvalue weighted by Gasteiger charge is 2.19. The number of rotatable bonds is 5. The van der Waals surface area contributed by atoms with Gasteiger partial charge in [0.1, 0.15) is 0 Å². The van der Waals surface area contributed by atoms with E-state index >= 15 is 0 Å². The van der Waals surface area contributed by atoms with Crippen molar-refractivity contribution in [2.75, 3.05) is 18.4 Å². The third kappa shape index (κ3) is 5.12. The number of carbonyl (C=O) groups is 1. The number of hydrogen-bond acceptors (Lipinski definition) is 3. The number of carbonyl (C=O) groups excluding carboxylic acids is 1. The number of aryl methyl sites for hydroxylation is 1. The molecule has 1 heterocycles. The average Bonchev–Trinajstić information content (AvgIpc) is 2.79. The van der Waals surface area contributed by atoms with Crippen molar-refractivity contribution in [2.24, 2.45) is 0 Å². The molecule has 4 heteroatoms. The Morgan fingerprint density at radius 1 is 1.06 bits per heavy atom. The summed E-state index contributed by atoms with van der Waals surface area (Å²) in [4.78, 5) is 13.1. The van der Waals surface area contributed by atoms with Crippen LogP contribution in [0, 0.1) is 18.8 Å². The number of fused-ring (bicyclic) bond motifs is 1. The first-order chi connectivity index (χ1) is 15.6. The maximum absolute atomic E-state index is 13.1. The molecule has 0 aliphatic carbocycles. The van der Waals surface area contributed by atoms with Gasteiger partial charge < -0.3 is 16.0 Å². The van der Waals surface area contributed by atoms with Crippen LogP contribution in [0.1, 0.15) is 60.8 Å². The van der Waals surface area contributed by atoms with E-state index in [1.54, 1.807) is 0 Å². The Kier molecular flexibility index (Phi) is 7.92. The van der Waals surface area contributed by atoms with E-state index in [4.69, 9.17) is 0 Å². The van der Waals surface area contributed by atoms with Gasteiger partial charge in [-0.25, -0.2) is 0 Å². The Balaban J connectivity index is 0.00000141. The monoisotopic (exact) mass is 427 g/mol. The van der Waals surface area contributed by atoms with Crippen molar-refractivity contribution < 1.29 is 4.79 Å². The Morgan fingerprint density at radius 3 is 2.44 bits per heavy atom. The van der Waals surface area contributed by atoms with Crippen molar-refractivity contribution in [3.05, 3.63) is 76.9 Å². The zero-order valence-corrected chi connectivity index (χ0v) is 19.7. The lowest BCUT2D eigenvalue weighted by atomic mass is 9.95. The molecule has 1 unspecified atom stereocenters. The third-order valence-electron chi connectivity index (χ3n) is 5.67. The van der Waals surface area contributed by atoms with Crippen LogP contribution in [-0.2, 0) is 0 Å². The lowest BCUT2D eigenvalue weighted by molar-refractivity contribution is 0.0939. The Hall–Kier alpha value is -3.29. The van der Waals surface area contributed by atoms with Gasteiger partial charge in [0.2, 0.25) is 0 Å². The van der Waals surface area contributed by atoms with Crippen molar-refractivity contribution in [2.45, 2.75) is 46.7 Å². The van der Waals surface area contributed by atoms with Crippen LogP contribution in [-0.4, -0.2) is 25.0 Å². The van der Waals surface area contributed by atoms with Gasteiger partial charge in [0.15, 0.2) is 0 Å². The molecule has 0 spiro atoms. The first kappa shape index (κ1) is 23.4. The summed E-state index contributed by atoms with van der Waals surface area (Å²) in [6.07, 6.45) is 0. The standard InChI is InChI=1S/C26H27N3O.C2H6/c1-4-7-19-11-13-22(24-9-6-5-8-23(19)24)18(3)28-26(30)25-14-20(12-10-17(25)2)29-21-15-27-16-21;1-2/h5-6,8-14,18,21,27,29H,15-16H2,1-3H3,(H,28,30);1-2H3. The summed E-state index contributed by atoms with van der Waals surface area (Å²) in [7, 11) is 0.